The third-order valence-corrected chi connectivity index (χ3v) is 5.42. The van der Waals surface area contributed by atoms with Crippen LogP contribution in [0, 0.1) is 13.8 Å². The van der Waals surface area contributed by atoms with Crippen molar-refractivity contribution in [2.75, 3.05) is 13.1 Å². The number of carbonyl (C=O) groups excluding carboxylic acids is 1. The van der Waals surface area contributed by atoms with E-state index in [1.54, 1.807) is 4.90 Å². The van der Waals surface area contributed by atoms with E-state index >= 15 is 0 Å². The highest BCUT2D eigenvalue weighted by atomic mass is 16.2. The lowest BCUT2D eigenvalue weighted by atomic mass is 9.97. The Balaban J connectivity index is 1.73. The van der Waals surface area contributed by atoms with Gasteiger partial charge < -0.3 is 10.6 Å². The van der Waals surface area contributed by atoms with E-state index in [2.05, 4.69) is 32.0 Å². The van der Waals surface area contributed by atoms with Crippen LogP contribution in [0.4, 0.5) is 4.79 Å². The lowest BCUT2D eigenvalue weighted by molar-refractivity contribution is 0.187. The first-order valence-corrected chi connectivity index (χ1v) is 9.12. The highest BCUT2D eigenvalue weighted by molar-refractivity contribution is 5.72. The van der Waals surface area contributed by atoms with Crippen LogP contribution in [0.3, 0.4) is 0 Å². The molecule has 1 saturated carbocycles. The standard InChI is InChI=1S/C19H25N5O/c1-12-5-8-16(10-13(12)2)24-18(21-17(22-24)14-6-7-14)15-4-3-9-23(11-15)19(20)25/h5,8,10,14-15H,3-4,6-7,9,11H2,1-2H3,(H2,20,25)/t15-/m1/s1. The van der Waals surface area contributed by atoms with Crippen LogP contribution in [-0.2, 0) is 0 Å². The number of hydrogen-bond acceptors (Lipinski definition) is 3. The summed E-state index contributed by atoms with van der Waals surface area (Å²) in [5.41, 5.74) is 9.06. The molecule has 2 N–H and O–H groups in total. The van der Waals surface area contributed by atoms with Gasteiger partial charge in [-0.25, -0.2) is 14.5 Å². The van der Waals surface area contributed by atoms with Crippen LogP contribution in [0.25, 0.3) is 5.69 Å². The molecule has 2 aromatic rings. The second kappa shape index (κ2) is 6.17. The molecule has 4 rings (SSSR count). The van der Waals surface area contributed by atoms with Gasteiger partial charge in [-0.15, -0.1) is 0 Å². The minimum absolute atomic E-state index is 0.183. The smallest absolute Gasteiger partial charge is 0.314 e. The molecule has 132 valence electrons. The molecular weight excluding hydrogens is 314 g/mol. The molecule has 0 radical (unpaired) electrons. The Labute approximate surface area is 148 Å². The van der Waals surface area contributed by atoms with Crippen LogP contribution in [0.15, 0.2) is 18.2 Å². The Bertz CT molecular complexity index is 808. The quantitative estimate of drug-likeness (QED) is 0.934. The van der Waals surface area contributed by atoms with Gasteiger partial charge in [0, 0.05) is 24.9 Å². The average Bonchev–Trinajstić information content (AvgIpc) is 3.36. The van der Waals surface area contributed by atoms with Gasteiger partial charge in [0.1, 0.15) is 5.82 Å². The molecule has 2 aliphatic rings. The number of nitrogens with two attached hydrogens (primary N) is 1. The summed E-state index contributed by atoms with van der Waals surface area (Å²) in [7, 11) is 0. The highest BCUT2D eigenvalue weighted by Gasteiger charge is 2.33. The second-order valence-corrected chi connectivity index (χ2v) is 7.41. The molecule has 1 aliphatic heterocycles. The zero-order valence-electron chi connectivity index (χ0n) is 14.9. The third-order valence-electron chi connectivity index (χ3n) is 5.42. The molecule has 0 bridgehead atoms. The minimum atomic E-state index is -0.343. The maximum absolute atomic E-state index is 11.6. The van der Waals surface area contributed by atoms with Crippen LogP contribution in [-0.4, -0.2) is 38.8 Å². The summed E-state index contributed by atoms with van der Waals surface area (Å²) in [6.07, 6.45) is 4.31. The Morgan fingerprint density at radius 3 is 2.64 bits per heavy atom. The van der Waals surface area contributed by atoms with Gasteiger partial charge in [0.15, 0.2) is 5.82 Å². The SMILES string of the molecule is Cc1ccc(-n2nc(C3CC3)nc2[C@@H]2CCCN(C(N)=O)C2)cc1C. The summed E-state index contributed by atoms with van der Waals surface area (Å²) in [6, 6.07) is 6.05. The molecule has 2 heterocycles. The molecule has 1 aromatic carbocycles. The van der Waals surface area contributed by atoms with Crippen LogP contribution >= 0.6 is 0 Å². The lowest BCUT2D eigenvalue weighted by Crippen LogP contribution is -2.42. The average molecular weight is 339 g/mol. The van der Waals surface area contributed by atoms with Crippen LogP contribution < -0.4 is 5.73 Å². The molecule has 2 fully saturated rings. The minimum Gasteiger partial charge on any atom is -0.351 e. The van der Waals surface area contributed by atoms with Crippen molar-refractivity contribution in [3.63, 3.8) is 0 Å². The first-order chi connectivity index (χ1) is 12.0. The number of likely N-dealkylation sites (tertiary alicyclic amines) is 1. The summed E-state index contributed by atoms with van der Waals surface area (Å²) in [5.74, 6) is 2.60. The zero-order chi connectivity index (χ0) is 17.6. The number of amides is 2. The predicted molar refractivity (Wildman–Crippen MR) is 95.9 cm³/mol. The fraction of sp³-hybridized carbons (Fsp3) is 0.526. The number of aryl methyl sites for hydroxylation is 2. The molecule has 1 atom stereocenters. The van der Waals surface area contributed by atoms with E-state index in [9.17, 15) is 4.79 Å². The van der Waals surface area contributed by atoms with Gasteiger partial charge in [-0.3, -0.25) is 0 Å². The molecule has 1 saturated heterocycles. The molecule has 6 heteroatoms. The van der Waals surface area contributed by atoms with E-state index in [1.807, 2.05) is 4.68 Å². The lowest BCUT2D eigenvalue weighted by Gasteiger charge is -2.31. The highest BCUT2D eigenvalue weighted by Crippen LogP contribution is 2.39. The van der Waals surface area contributed by atoms with Crippen molar-refractivity contribution in [1.29, 1.82) is 0 Å². The predicted octanol–water partition coefficient (Wildman–Crippen LogP) is 3.02. The van der Waals surface area contributed by atoms with Crippen LogP contribution in [0.5, 0.6) is 0 Å². The number of carbonyl (C=O) groups is 1. The molecule has 0 spiro atoms. The van der Waals surface area contributed by atoms with Crippen LogP contribution in [0.1, 0.15) is 60.3 Å². The number of benzene rings is 1. The monoisotopic (exact) mass is 339 g/mol. The fourth-order valence-corrected chi connectivity index (χ4v) is 3.55. The van der Waals surface area contributed by atoms with E-state index in [0.717, 1.165) is 36.7 Å². The number of nitrogens with zero attached hydrogens (tertiary/aromatic N) is 4. The van der Waals surface area contributed by atoms with E-state index in [-0.39, 0.29) is 11.9 Å². The molecule has 1 aliphatic carbocycles. The molecule has 25 heavy (non-hydrogen) atoms. The van der Waals surface area contributed by atoms with Gasteiger partial charge in [0.05, 0.1) is 5.69 Å². The van der Waals surface area contributed by atoms with Gasteiger partial charge in [-0.1, -0.05) is 6.07 Å². The van der Waals surface area contributed by atoms with Crippen molar-refractivity contribution in [3.8, 4) is 5.69 Å². The Morgan fingerprint density at radius 2 is 1.96 bits per heavy atom. The second-order valence-electron chi connectivity index (χ2n) is 7.41. The number of rotatable bonds is 3. The maximum atomic E-state index is 11.6. The van der Waals surface area contributed by atoms with Gasteiger partial charge in [-0.05, 0) is 62.8 Å². The summed E-state index contributed by atoms with van der Waals surface area (Å²) < 4.78 is 2.00. The van der Waals surface area contributed by atoms with E-state index in [4.69, 9.17) is 15.8 Å². The summed E-state index contributed by atoms with van der Waals surface area (Å²) in [4.78, 5) is 18.2. The molecule has 6 nitrogen and oxygen atoms in total. The molecule has 1 aromatic heterocycles. The van der Waals surface area contributed by atoms with E-state index in [1.165, 1.54) is 24.0 Å². The van der Waals surface area contributed by atoms with Crippen molar-refractivity contribution in [2.45, 2.75) is 51.4 Å². The van der Waals surface area contributed by atoms with Gasteiger partial charge >= 0.3 is 6.03 Å². The van der Waals surface area contributed by atoms with Crippen molar-refractivity contribution in [1.82, 2.24) is 19.7 Å². The molecule has 2 amide bonds. The van der Waals surface area contributed by atoms with Crippen molar-refractivity contribution in [3.05, 3.63) is 41.0 Å². The van der Waals surface area contributed by atoms with Crippen LogP contribution in [0.2, 0.25) is 0 Å². The van der Waals surface area contributed by atoms with Crippen molar-refractivity contribution >= 4 is 6.03 Å². The van der Waals surface area contributed by atoms with E-state index in [0.29, 0.717) is 12.5 Å². The summed E-state index contributed by atoms with van der Waals surface area (Å²) in [5, 5.41) is 4.83. The Hall–Kier alpha value is -2.37. The fourth-order valence-electron chi connectivity index (χ4n) is 3.55. The normalized spacial score (nSPS) is 20.7. The number of piperidine rings is 1. The topological polar surface area (TPSA) is 77.0 Å². The van der Waals surface area contributed by atoms with Crippen molar-refractivity contribution in [2.24, 2.45) is 5.73 Å². The van der Waals surface area contributed by atoms with Gasteiger partial charge in [-0.2, -0.15) is 5.10 Å². The Kier molecular flexibility index (Phi) is 3.98. The first-order valence-electron chi connectivity index (χ1n) is 9.12. The largest absolute Gasteiger partial charge is 0.351 e. The number of hydrogen-bond donors (Lipinski definition) is 1. The van der Waals surface area contributed by atoms with Gasteiger partial charge in [0.25, 0.3) is 0 Å². The summed E-state index contributed by atoms with van der Waals surface area (Å²) >= 11 is 0. The van der Waals surface area contributed by atoms with E-state index < -0.39 is 0 Å². The number of primary amides is 1. The molecular formula is C19H25N5O. The van der Waals surface area contributed by atoms with Gasteiger partial charge in [0.2, 0.25) is 0 Å². The number of aromatic nitrogens is 3. The first kappa shape index (κ1) is 16.1. The van der Waals surface area contributed by atoms with Crippen molar-refractivity contribution < 1.29 is 4.79 Å². The summed E-state index contributed by atoms with van der Waals surface area (Å²) in [6.45, 7) is 5.59. The molecule has 0 unspecified atom stereocenters. The third kappa shape index (κ3) is 3.13. The number of urea groups is 1. The Morgan fingerprint density at radius 1 is 1.16 bits per heavy atom. The maximum Gasteiger partial charge on any atom is 0.314 e. The zero-order valence-corrected chi connectivity index (χ0v) is 14.9.